The van der Waals surface area contributed by atoms with Gasteiger partial charge in [0.1, 0.15) is 5.58 Å². The van der Waals surface area contributed by atoms with Gasteiger partial charge in [0.15, 0.2) is 0 Å². The molecule has 0 aliphatic carbocycles. The van der Waals surface area contributed by atoms with Crippen molar-refractivity contribution < 1.29 is 4.42 Å². The van der Waals surface area contributed by atoms with Crippen molar-refractivity contribution >= 4 is 22.3 Å². The molecule has 6 nitrogen and oxygen atoms in total. The molecule has 7 heteroatoms. The summed E-state index contributed by atoms with van der Waals surface area (Å²) >= 11 is 1.53. The number of aromatic nitrogens is 1. The van der Waals surface area contributed by atoms with Gasteiger partial charge in [-0.15, -0.1) is 11.3 Å². The SMILES string of the molecule is Cc1nc(-c2cc(=O)oc3cc(CN=[N+]=[N-])ccc23)cs1. The number of fused-ring (bicyclic) bond motifs is 1. The minimum atomic E-state index is -0.427. The Hall–Kier alpha value is -2.63. The van der Waals surface area contributed by atoms with Gasteiger partial charge in [-0.1, -0.05) is 17.2 Å². The van der Waals surface area contributed by atoms with Gasteiger partial charge in [-0.2, -0.15) is 0 Å². The zero-order valence-electron chi connectivity index (χ0n) is 11.1. The lowest BCUT2D eigenvalue weighted by atomic mass is 10.1. The van der Waals surface area contributed by atoms with E-state index in [1.54, 1.807) is 6.07 Å². The van der Waals surface area contributed by atoms with Crippen molar-refractivity contribution in [2.45, 2.75) is 13.5 Å². The molecule has 0 saturated heterocycles. The molecule has 104 valence electrons. The number of nitrogens with zero attached hydrogens (tertiary/aromatic N) is 4. The van der Waals surface area contributed by atoms with Crippen LogP contribution in [0.25, 0.3) is 32.7 Å². The summed E-state index contributed by atoms with van der Waals surface area (Å²) in [5, 5.41) is 7.17. The van der Waals surface area contributed by atoms with Crippen LogP contribution < -0.4 is 5.63 Å². The Bertz CT molecular complexity index is 922. The lowest BCUT2D eigenvalue weighted by Gasteiger charge is -2.04. The van der Waals surface area contributed by atoms with Crippen LogP contribution in [0.15, 0.2) is 44.0 Å². The first-order chi connectivity index (χ1) is 10.2. The fraction of sp³-hybridized carbons (Fsp3) is 0.143. The van der Waals surface area contributed by atoms with Gasteiger partial charge in [-0.25, -0.2) is 9.78 Å². The third-order valence-corrected chi connectivity index (χ3v) is 3.79. The van der Waals surface area contributed by atoms with Crippen LogP contribution in [0.3, 0.4) is 0 Å². The first kappa shape index (κ1) is 13.4. The molecule has 0 aliphatic heterocycles. The Labute approximate surface area is 123 Å². The number of aryl methyl sites for hydroxylation is 1. The second kappa shape index (κ2) is 5.40. The van der Waals surface area contributed by atoms with Gasteiger partial charge >= 0.3 is 5.63 Å². The largest absolute Gasteiger partial charge is 0.423 e. The zero-order valence-corrected chi connectivity index (χ0v) is 11.9. The summed E-state index contributed by atoms with van der Waals surface area (Å²) in [6.07, 6.45) is 0. The van der Waals surface area contributed by atoms with E-state index in [4.69, 9.17) is 9.95 Å². The van der Waals surface area contributed by atoms with E-state index in [1.807, 2.05) is 24.4 Å². The van der Waals surface area contributed by atoms with Gasteiger partial charge in [0.2, 0.25) is 0 Å². The second-order valence-electron chi connectivity index (χ2n) is 4.45. The molecule has 0 saturated carbocycles. The highest BCUT2D eigenvalue weighted by atomic mass is 32.1. The highest BCUT2D eigenvalue weighted by molar-refractivity contribution is 7.09. The molecule has 0 spiro atoms. The summed E-state index contributed by atoms with van der Waals surface area (Å²) < 4.78 is 5.24. The summed E-state index contributed by atoms with van der Waals surface area (Å²) in [4.78, 5) is 18.9. The minimum absolute atomic E-state index is 0.218. The second-order valence-corrected chi connectivity index (χ2v) is 5.51. The first-order valence-electron chi connectivity index (χ1n) is 6.17. The van der Waals surface area contributed by atoms with Crippen LogP contribution in [-0.4, -0.2) is 4.98 Å². The lowest BCUT2D eigenvalue weighted by molar-refractivity contribution is 0.561. The molecule has 1 aromatic carbocycles. The summed E-state index contributed by atoms with van der Waals surface area (Å²) in [5.41, 5.74) is 10.7. The number of hydrogen-bond acceptors (Lipinski definition) is 5. The highest BCUT2D eigenvalue weighted by Crippen LogP contribution is 2.28. The Balaban J connectivity index is 2.21. The Morgan fingerprint density at radius 2 is 2.29 bits per heavy atom. The van der Waals surface area contributed by atoms with Crippen LogP contribution in [-0.2, 0) is 6.54 Å². The molecule has 3 rings (SSSR count). The van der Waals surface area contributed by atoms with Crippen LogP contribution in [0, 0.1) is 6.92 Å². The quantitative estimate of drug-likeness (QED) is 0.316. The van der Waals surface area contributed by atoms with E-state index in [-0.39, 0.29) is 6.54 Å². The molecule has 0 unspecified atom stereocenters. The zero-order chi connectivity index (χ0) is 14.8. The van der Waals surface area contributed by atoms with E-state index in [9.17, 15) is 4.79 Å². The molecule has 2 aromatic heterocycles. The highest BCUT2D eigenvalue weighted by Gasteiger charge is 2.10. The molecule has 2 heterocycles. The maximum absolute atomic E-state index is 11.7. The summed E-state index contributed by atoms with van der Waals surface area (Å²) in [6.45, 7) is 2.13. The van der Waals surface area contributed by atoms with E-state index in [2.05, 4.69) is 15.0 Å². The fourth-order valence-electron chi connectivity index (χ4n) is 2.12. The Morgan fingerprint density at radius 1 is 1.43 bits per heavy atom. The molecular formula is C14H10N4O2S. The van der Waals surface area contributed by atoms with Gasteiger partial charge in [0, 0.05) is 27.3 Å². The Kier molecular flexibility index (Phi) is 3.43. The molecule has 0 aliphatic rings. The predicted molar refractivity (Wildman–Crippen MR) is 81.2 cm³/mol. The van der Waals surface area contributed by atoms with Crippen molar-refractivity contribution in [2.24, 2.45) is 5.11 Å². The van der Waals surface area contributed by atoms with Crippen molar-refractivity contribution in [3.05, 3.63) is 61.1 Å². The number of hydrogen-bond donors (Lipinski definition) is 0. The molecule has 0 atom stereocenters. The molecular weight excluding hydrogens is 288 g/mol. The summed E-state index contributed by atoms with van der Waals surface area (Å²) in [6, 6.07) is 6.86. The van der Waals surface area contributed by atoms with E-state index in [0.29, 0.717) is 5.58 Å². The number of benzene rings is 1. The standard InChI is InChI=1S/C14H10N4O2S/c1-8-17-12(7-21-8)11-5-14(19)20-13-4-9(6-16-18-15)2-3-10(11)13/h2-5,7H,6H2,1H3. The van der Waals surface area contributed by atoms with Crippen LogP contribution in [0.2, 0.25) is 0 Å². The van der Waals surface area contributed by atoms with Crippen molar-refractivity contribution in [2.75, 3.05) is 0 Å². The maximum atomic E-state index is 11.7. The molecule has 0 N–H and O–H groups in total. The lowest BCUT2D eigenvalue weighted by Crippen LogP contribution is -1.98. The van der Waals surface area contributed by atoms with Crippen molar-refractivity contribution in [3.8, 4) is 11.3 Å². The smallest absolute Gasteiger partial charge is 0.336 e. The number of thiazole rings is 1. The average Bonchev–Trinajstić information content (AvgIpc) is 2.90. The van der Waals surface area contributed by atoms with Gasteiger partial charge < -0.3 is 4.42 Å². The molecule has 0 amide bonds. The van der Waals surface area contributed by atoms with Gasteiger partial charge in [-0.3, -0.25) is 0 Å². The van der Waals surface area contributed by atoms with Gasteiger partial charge in [0.05, 0.1) is 17.2 Å². The van der Waals surface area contributed by atoms with Crippen molar-refractivity contribution in [1.82, 2.24) is 4.98 Å². The van der Waals surface area contributed by atoms with Crippen molar-refractivity contribution in [1.29, 1.82) is 0 Å². The normalized spacial score (nSPS) is 10.5. The van der Waals surface area contributed by atoms with Gasteiger partial charge in [0.25, 0.3) is 0 Å². The van der Waals surface area contributed by atoms with Gasteiger partial charge in [-0.05, 0) is 24.1 Å². The van der Waals surface area contributed by atoms with Crippen LogP contribution in [0.4, 0.5) is 0 Å². The van der Waals surface area contributed by atoms with E-state index >= 15 is 0 Å². The van der Waals surface area contributed by atoms with Crippen LogP contribution in [0.5, 0.6) is 0 Å². The monoisotopic (exact) mass is 298 g/mol. The maximum Gasteiger partial charge on any atom is 0.336 e. The molecule has 0 radical (unpaired) electrons. The van der Waals surface area contributed by atoms with Crippen LogP contribution >= 0.6 is 11.3 Å². The molecule has 0 bridgehead atoms. The predicted octanol–water partition coefficient (Wildman–Crippen LogP) is 4.04. The third-order valence-electron chi connectivity index (χ3n) is 3.02. The van der Waals surface area contributed by atoms with E-state index < -0.39 is 5.63 Å². The number of azide groups is 1. The third kappa shape index (κ3) is 2.65. The van der Waals surface area contributed by atoms with E-state index in [0.717, 1.165) is 27.2 Å². The molecule has 21 heavy (non-hydrogen) atoms. The topological polar surface area (TPSA) is 91.9 Å². The summed E-state index contributed by atoms with van der Waals surface area (Å²) in [5.74, 6) is 0. The minimum Gasteiger partial charge on any atom is -0.423 e. The van der Waals surface area contributed by atoms with Crippen molar-refractivity contribution in [3.63, 3.8) is 0 Å². The molecule has 3 aromatic rings. The first-order valence-corrected chi connectivity index (χ1v) is 7.05. The fourth-order valence-corrected chi connectivity index (χ4v) is 2.73. The molecule has 0 fully saturated rings. The number of rotatable bonds is 3. The van der Waals surface area contributed by atoms with Crippen LogP contribution in [0.1, 0.15) is 10.6 Å². The van der Waals surface area contributed by atoms with E-state index in [1.165, 1.54) is 17.4 Å². The average molecular weight is 298 g/mol. The Morgan fingerprint density at radius 3 is 3.00 bits per heavy atom. The summed E-state index contributed by atoms with van der Waals surface area (Å²) in [7, 11) is 0.